The Bertz CT molecular complexity index is 68.7. The maximum absolute atomic E-state index is 8.07. The van der Waals surface area contributed by atoms with Gasteiger partial charge in [-0.1, -0.05) is 13.3 Å². The Balaban J connectivity index is -0.0000000383. The van der Waals surface area contributed by atoms with Gasteiger partial charge >= 0.3 is 18.9 Å². The number of aliphatic hydroxyl groups excluding tert-OH is 1. The van der Waals surface area contributed by atoms with Gasteiger partial charge in [0.1, 0.15) is 0 Å². The number of unbranched alkanes of at least 4 members (excludes halogenated alkanes) is 1. The Morgan fingerprint density at radius 1 is 1.45 bits per heavy atom. The van der Waals surface area contributed by atoms with Gasteiger partial charge in [-0.2, -0.15) is 0 Å². The summed E-state index contributed by atoms with van der Waals surface area (Å²) >= 11 is 0. The molecule has 0 aliphatic rings. The fraction of sp³-hybridized carbons (Fsp3) is 0.800. The zero-order valence-corrected chi connectivity index (χ0v) is 7.86. The van der Waals surface area contributed by atoms with Crippen LogP contribution in [0.2, 0.25) is 0 Å². The van der Waals surface area contributed by atoms with Crippen LogP contribution in [0.15, 0.2) is 0 Å². The molecule has 0 aromatic rings. The average Bonchev–Trinajstić information content (AvgIpc) is 1.66. The number of aliphatic hydroxyl groups is 1. The minimum Gasteiger partial charge on any atom is -1.00 e. The van der Waals surface area contributed by atoms with Crippen LogP contribution in [0.5, 0.6) is 0 Å². The number of nitrogens with two attached hydrogens (primary N) is 2. The Morgan fingerprint density at radius 3 is 1.73 bits per heavy atom. The molecule has 0 fully saturated rings. The zero-order chi connectivity index (χ0) is 7.70. The third kappa shape index (κ3) is 149. The van der Waals surface area contributed by atoms with Crippen LogP contribution in [0.4, 0.5) is 0 Å². The smallest absolute Gasteiger partial charge is 1.00 e. The molecule has 0 heterocycles. The predicted molar refractivity (Wildman–Crippen MR) is 38.1 cm³/mol. The monoisotopic (exact) mass is 175 g/mol. The van der Waals surface area contributed by atoms with Gasteiger partial charge in [0.05, 0.1) is 0 Å². The van der Waals surface area contributed by atoms with Gasteiger partial charge < -0.3 is 29.0 Å². The van der Waals surface area contributed by atoms with E-state index in [1.807, 2.05) is 0 Å². The Kier molecular flexibility index (Phi) is 45.9. The van der Waals surface area contributed by atoms with Crippen molar-refractivity contribution in [3.63, 3.8) is 0 Å². The molecular weight excluding hydrogens is 160 g/mol. The largest absolute Gasteiger partial charge is 1.00 e. The number of nitrogens with one attached hydrogen (secondary N) is 1. The molecule has 6 N–H and O–H groups in total. The third-order valence-electron chi connectivity index (χ3n) is 0.512. The molecule has 0 saturated carbocycles. The SMILES string of the molecule is CCCCO.N=C(N)N.[Cl-].[Li+]. The van der Waals surface area contributed by atoms with Crippen molar-refractivity contribution in [2.45, 2.75) is 19.8 Å². The first-order valence-corrected chi connectivity index (χ1v) is 2.85. The minimum atomic E-state index is -0.333. The van der Waals surface area contributed by atoms with Gasteiger partial charge in [0.15, 0.2) is 5.96 Å². The van der Waals surface area contributed by atoms with E-state index in [0.29, 0.717) is 6.61 Å². The number of halogens is 1. The molecule has 0 aliphatic heterocycles. The second-order valence-corrected chi connectivity index (χ2v) is 1.53. The van der Waals surface area contributed by atoms with E-state index >= 15 is 0 Å². The molecule has 0 rings (SSSR count). The van der Waals surface area contributed by atoms with Crippen LogP contribution in [0.25, 0.3) is 0 Å². The van der Waals surface area contributed by atoms with Gasteiger partial charge in [-0.3, -0.25) is 5.41 Å². The van der Waals surface area contributed by atoms with Crippen LogP contribution in [-0.2, 0) is 0 Å². The van der Waals surface area contributed by atoms with Crippen molar-refractivity contribution in [2.24, 2.45) is 11.5 Å². The first kappa shape index (κ1) is 22.5. The van der Waals surface area contributed by atoms with Crippen molar-refractivity contribution < 1.29 is 36.4 Å². The second-order valence-electron chi connectivity index (χ2n) is 1.53. The van der Waals surface area contributed by atoms with Crippen LogP contribution in [-0.4, -0.2) is 17.7 Å². The number of hydrogen-bond acceptors (Lipinski definition) is 2. The van der Waals surface area contributed by atoms with Gasteiger partial charge in [-0.25, -0.2) is 0 Å². The van der Waals surface area contributed by atoms with E-state index in [4.69, 9.17) is 10.5 Å². The fourth-order valence-electron chi connectivity index (χ4n) is 0.158. The van der Waals surface area contributed by atoms with Crippen LogP contribution in [0.3, 0.4) is 0 Å². The van der Waals surface area contributed by atoms with Crippen molar-refractivity contribution in [3.8, 4) is 0 Å². The molecule has 64 valence electrons. The fourth-order valence-corrected chi connectivity index (χ4v) is 0.158. The normalized spacial score (nSPS) is 6.00. The number of rotatable bonds is 2. The van der Waals surface area contributed by atoms with Gasteiger partial charge in [-0.15, -0.1) is 0 Å². The molecule has 0 spiro atoms. The van der Waals surface area contributed by atoms with Crippen molar-refractivity contribution in [1.29, 1.82) is 5.41 Å². The van der Waals surface area contributed by atoms with E-state index in [0.717, 1.165) is 12.8 Å². The summed E-state index contributed by atoms with van der Waals surface area (Å²) in [6, 6.07) is 0. The first-order valence-electron chi connectivity index (χ1n) is 2.85. The molecule has 0 bridgehead atoms. The molecule has 0 radical (unpaired) electrons. The summed E-state index contributed by atoms with van der Waals surface area (Å²) in [5.41, 5.74) is 8.94. The summed E-state index contributed by atoms with van der Waals surface area (Å²) in [7, 11) is 0. The van der Waals surface area contributed by atoms with E-state index in [-0.39, 0.29) is 37.2 Å². The van der Waals surface area contributed by atoms with Crippen LogP contribution in [0.1, 0.15) is 19.8 Å². The van der Waals surface area contributed by atoms with Gasteiger partial charge in [-0.05, 0) is 6.42 Å². The van der Waals surface area contributed by atoms with Crippen molar-refractivity contribution in [2.75, 3.05) is 6.61 Å². The summed E-state index contributed by atoms with van der Waals surface area (Å²) in [6.45, 7) is 2.40. The molecule has 0 aliphatic carbocycles. The van der Waals surface area contributed by atoms with E-state index in [9.17, 15) is 0 Å². The predicted octanol–water partition coefficient (Wildman–Crippen LogP) is -6.37. The van der Waals surface area contributed by atoms with Crippen molar-refractivity contribution in [1.82, 2.24) is 0 Å². The van der Waals surface area contributed by atoms with Gasteiger partial charge in [0.2, 0.25) is 0 Å². The molecule has 0 amide bonds. The van der Waals surface area contributed by atoms with E-state index in [1.54, 1.807) is 0 Å². The summed E-state index contributed by atoms with van der Waals surface area (Å²) in [5.74, 6) is -0.333. The van der Waals surface area contributed by atoms with Gasteiger partial charge in [0, 0.05) is 6.61 Å². The molecule has 11 heavy (non-hydrogen) atoms. The maximum Gasteiger partial charge on any atom is 1.00 e. The maximum atomic E-state index is 8.07. The average molecular weight is 176 g/mol. The summed E-state index contributed by atoms with van der Waals surface area (Å²) in [6.07, 6.45) is 2.04. The number of guanidine groups is 1. The van der Waals surface area contributed by atoms with Crippen LogP contribution in [0, 0.1) is 5.41 Å². The quantitative estimate of drug-likeness (QED) is 0.191. The molecule has 4 nitrogen and oxygen atoms in total. The van der Waals surface area contributed by atoms with E-state index in [1.165, 1.54) is 0 Å². The molecular formula is C5H15ClLiN3O. The Hall–Kier alpha value is 0.117. The van der Waals surface area contributed by atoms with Crippen molar-refractivity contribution in [3.05, 3.63) is 0 Å². The summed E-state index contributed by atoms with van der Waals surface area (Å²) in [5, 5.41) is 14.1. The van der Waals surface area contributed by atoms with E-state index < -0.39 is 0 Å². The second kappa shape index (κ2) is 22.5. The minimum absolute atomic E-state index is 0. The van der Waals surface area contributed by atoms with Crippen LogP contribution >= 0.6 is 0 Å². The van der Waals surface area contributed by atoms with Crippen LogP contribution < -0.4 is 42.7 Å². The van der Waals surface area contributed by atoms with Crippen molar-refractivity contribution >= 4 is 5.96 Å². The van der Waals surface area contributed by atoms with Gasteiger partial charge in [0.25, 0.3) is 0 Å². The zero-order valence-electron chi connectivity index (χ0n) is 7.10. The van der Waals surface area contributed by atoms with E-state index in [2.05, 4.69) is 18.4 Å². The third-order valence-corrected chi connectivity index (χ3v) is 0.512. The molecule has 6 heteroatoms. The summed E-state index contributed by atoms with van der Waals surface area (Å²) in [4.78, 5) is 0. The molecule has 0 atom stereocenters. The Labute approximate surface area is 85.8 Å². The standard InChI is InChI=1S/C4H10O.CH5N3.ClH.Li/c1-2-3-4-5;2-1(3)4;;/h5H,2-4H2,1H3;(H5,2,3,4);1H;/q;;;+1/p-1. The molecule has 0 saturated heterocycles. The Morgan fingerprint density at radius 2 is 1.73 bits per heavy atom. The topological polar surface area (TPSA) is 96.1 Å². The first-order chi connectivity index (χ1) is 4.15. The molecule has 0 unspecified atom stereocenters. The summed E-state index contributed by atoms with van der Waals surface area (Å²) < 4.78 is 0. The molecule has 0 aromatic heterocycles. The molecule has 0 aromatic carbocycles. The number of hydrogen-bond donors (Lipinski definition) is 4.